The lowest BCUT2D eigenvalue weighted by Crippen LogP contribution is -2.05. The third-order valence-electron chi connectivity index (χ3n) is 2.58. The highest BCUT2D eigenvalue weighted by Crippen LogP contribution is 2.28. The van der Waals surface area contributed by atoms with Crippen molar-refractivity contribution in [2.75, 3.05) is 12.5 Å². The van der Waals surface area contributed by atoms with Gasteiger partial charge in [0.05, 0.1) is 18.9 Å². The van der Waals surface area contributed by atoms with Gasteiger partial charge in [0.15, 0.2) is 0 Å². The van der Waals surface area contributed by atoms with Crippen molar-refractivity contribution in [1.29, 1.82) is 0 Å². The molecule has 1 aromatic heterocycles. The van der Waals surface area contributed by atoms with E-state index in [2.05, 4.69) is 15.5 Å². The first-order valence-electron chi connectivity index (χ1n) is 5.95. The van der Waals surface area contributed by atoms with Crippen LogP contribution < -0.4 is 10.2 Å². The Hall–Kier alpha value is -2.57. The molecule has 0 radical (unpaired) electrons. The second kappa shape index (κ2) is 6.25. The number of hydrogen-bond acceptors (Lipinski definition) is 4. The van der Waals surface area contributed by atoms with Crippen LogP contribution in [0, 0.1) is 0 Å². The SMILES string of the molecule is COc1cccc(C=NNc2ccc(C(F)(F)F)cn2)c1. The van der Waals surface area contributed by atoms with E-state index in [0.717, 1.165) is 17.8 Å². The van der Waals surface area contributed by atoms with Crippen molar-refractivity contribution >= 4 is 12.0 Å². The Balaban J connectivity index is 2.00. The largest absolute Gasteiger partial charge is 0.497 e. The lowest BCUT2D eigenvalue weighted by atomic mass is 10.2. The number of nitrogens with one attached hydrogen (secondary N) is 1. The lowest BCUT2D eigenvalue weighted by Gasteiger charge is -2.06. The van der Waals surface area contributed by atoms with Crippen molar-refractivity contribution in [1.82, 2.24) is 4.98 Å². The number of hydrogen-bond donors (Lipinski definition) is 1. The van der Waals surface area contributed by atoms with Gasteiger partial charge in [0, 0.05) is 6.20 Å². The van der Waals surface area contributed by atoms with Gasteiger partial charge in [-0.3, -0.25) is 5.43 Å². The molecule has 110 valence electrons. The van der Waals surface area contributed by atoms with Gasteiger partial charge in [0.1, 0.15) is 11.6 Å². The second-order valence-corrected chi connectivity index (χ2v) is 4.08. The number of anilines is 1. The summed E-state index contributed by atoms with van der Waals surface area (Å²) in [6.07, 6.45) is -2.12. The molecule has 0 amide bonds. The van der Waals surface area contributed by atoms with Gasteiger partial charge in [-0.1, -0.05) is 12.1 Å². The van der Waals surface area contributed by atoms with Crippen LogP contribution in [0.2, 0.25) is 0 Å². The van der Waals surface area contributed by atoms with E-state index in [4.69, 9.17) is 4.74 Å². The Morgan fingerprint density at radius 3 is 2.67 bits per heavy atom. The van der Waals surface area contributed by atoms with Crippen LogP contribution in [0.1, 0.15) is 11.1 Å². The molecule has 0 fully saturated rings. The summed E-state index contributed by atoms with van der Waals surface area (Å²) in [5, 5.41) is 3.90. The highest BCUT2D eigenvalue weighted by atomic mass is 19.4. The smallest absolute Gasteiger partial charge is 0.417 e. The van der Waals surface area contributed by atoms with Gasteiger partial charge in [-0.05, 0) is 29.8 Å². The van der Waals surface area contributed by atoms with Crippen molar-refractivity contribution < 1.29 is 17.9 Å². The summed E-state index contributed by atoms with van der Waals surface area (Å²) in [4.78, 5) is 3.64. The Bertz CT molecular complexity index is 624. The second-order valence-electron chi connectivity index (χ2n) is 4.08. The molecule has 1 aromatic carbocycles. The van der Waals surface area contributed by atoms with Crippen molar-refractivity contribution in [3.63, 3.8) is 0 Å². The fraction of sp³-hybridized carbons (Fsp3) is 0.143. The Morgan fingerprint density at radius 1 is 1.24 bits per heavy atom. The van der Waals surface area contributed by atoms with E-state index >= 15 is 0 Å². The fourth-order valence-electron chi connectivity index (χ4n) is 1.52. The van der Waals surface area contributed by atoms with E-state index in [1.165, 1.54) is 12.3 Å². The minimum absolute atomic E-state index is 0.224. The van der Waals surface area contributed by atoms with Crippen molar-refractivity contribution in [3.05, 3.63) is 53.7 Å². The summed E-state index contributed by atoms with van der Waals surface area (Å²) in [5.74, 6) is 0.911. The molecule has 0 aliphatic rings. The monoisotopic (exact) mass is 295 g/mol. The molecule has 0 saturated carbocycles. The molecule has 1 N–H and O–H groups in total. The first-order valence-corrected chi connectivity index (χ1v) is 5.95. The first-order chi connectivity index (χ1) is 9.99. The average molecular weight is 295 g/mol. The zero-order valence-electron chi connectivity index (χ0n) is 11.1. The maximum absolute atomic E-state index is 12.4. The van der Waals surface area contributed by atoms with Crippen LogP contribution >= 0.6 is 0 Å². The normalized spacial score (nSPS) is 11.6. The van der Waals surface area contributed by atoms with Crippen molar-refractivity contribution in [3.8, 4) is 5.75 Å². The minimum Gasteiger partial charge on any atom is -0.497 e. The summed E-state index contributed by atoms with van der Waals surface area (Å²) < 4.78 is 42.2. The summed E-state index contributed by atoms with van der Waals surface area (Å²) in [7, 11) is 1.56. The highest BCUT2D eigenvalue weighted by molar-refractivity contribution is 5.80. The number of ether oxygens (including phenoxy) is 1. The first kappa shape index (κ1) is 14.8. The zero-order valence-corrected chi connectivity index (χ0v) is 11.1. The maximum atomic E-state index is 12.4. The molecule has 2 rings (SSSR count). The van der Waals surface area contributed by atoms with Gasteiger partial charge < -0.3 is 4.74 Å². The van der Waals surface area contributed by atoms with Crippen molar-refractivity contribution in [2.24, 2.45) is 5.10 Å². The third-order valence-corrected chi connectivity index (χ3v) is 2.58. The molecule has 0 atom stereocenters. The molecule has 0 aliphatic heterocycles. The molecule has 0 saturated heterocycles. The highest BCUT2D eigenvalue weighted by Gasteiger charge is 2.30. The van der Waals surface area contributed by atoms with Crippen LogP contribution in [0.3, 0.4) is 0 Å². The number of hydrazone groups is 1. The van der Waals surface area contributed by atoms with E-state index in [0.29, 0.717) is 5.75 Å². The third kappa shape index (κ3) is 4.20. The van der Waals surface area contributed by atoms with Crippen LogP contribution in [0.4, 0.5) is 19.0 Å². The number of halogens is 3. The summed E-state index contributed by atoms with van der Waals surface area (Å²) in [6.45, 7) is 0. The summed E-state index contributed by atoms with van der Waals surface area (Å²) in [5.41, 5.74) is 2.54. The van der Waals surface area contributed by atoms with Crippen LogP contribution in [0.5, 0.6) is 5.75 Å². The standard InChI is InChI=1S/C14H12F3N3O/c1-21-12-4-2-3-10(7-12)8-19-20-13-6-5-11(9-18-13)14(15,16)17/h2-9H,1H3,(H,18,20). The van der Waals surface area contributed by atoms with E-state index in [9.17, 15) is 13.2 Å². The van der Waals surface area contributed by atoms with E-state index in [1.807, 2.05) is 6.07 Å². The molecule has 0 bridgehead atoms. The molecule has 0 unspecified atom stereocenters. The quantitative estimate of drug-likeness (QED) is 0.693. The number of methoxy groups -OCH3 is 1. The molecule has 1 heterocycles. The molecule has 21 heavy (non-hydrogen) atoms. The molecular weight excluding hydrogens is 283 g/mol. The Kier molecular flexibility index (Phi) is 4.42. The number of nitrogens with zero attached hydrogens (tertiary/aromatic N) is 2. The number of aromatic nitrogens is 1. The lowest BCUT2D eigenvalue weighted by molar-refractivity contribution is -0.137. The molecule has 7 heteroatoms. The Labute approximate surface area is 119 Å². The minimum atomic E-state index is -4.39. The topological polar surface area (TPSA) is 46.5 Å². The predicted molar refractivity (Wildman–Crippen MR) is 73.4 cm³/mol. The van der Waals surface area contributed by atoms with Gasteiger partial charge in [0.2, 0.25) is 0 Å². The van der Waals surface area contributed by atoms with Gasteiger partial charge >= 0.3 is 6.18 Å². The summed E-state index contributed by atoms with van der Waals surface area (Å²) in [6, 6.07) is 9.33. The zero-order chi connectivity index (χ0) is 15.3. The Morgan fingerprint density at radius 2 is 2.05 bits per heavy atom. The molecule has 0 spiro atoms. The van der Waals surface area contributed by atoms with Crippen LogP contribution in [0.25, 0.3) is 0 Å². The van der Waals surface area contributed by atoms with Crippen LogP contribution in [-0.2, 0) is 6.18 Å². The fourth-order valence-corrected chi connectivity index (χ4v) is 1.52. The van der Waals surface area contributed by atoms with E-state index in [1.54, 1.807) is 25.3 Å². The van der Waals surface area contributed by atoms with Gasteiger partial charge in [-0.2, -0.15) is 18.3 Å². The van der Waals surface area contributed by atoms with E-state index < -0.39 is 11.7 Å². The summed E-state index contributed by atoms with van der Waals surface area (Å²) >= 11 is 0. The average Bonchev–Trinajstić information content (AvgIpc) is 2.47. The van der Waals surface area contributed by atoms with Crippen LogP contribution in [0.15, 0.2) is 47.7 Å². The van der Waals surface area contributed by atoms with E-state index in [-0.39, 0.29) is 5.82 Å². The molecule has 0 aliphatic carbocycles. The maximum Gasteiger partial charge on any atom is 0.417 e. The van der Waals surface area contributed by atoms with Crippen LogP contribution in [-0.4, -0.2) is 18.3 Å². The van der Waals surface area contributed by atoms with Gasteiger partial charge in [-0.15, -0.1) is 0 Å². The molecular formula is C14H12F3N3O. The number of benzene rings is 1. The van der Waals surface area contributed by atoms with Crippen molar-refractivity contribution in [2.45, 2.75) is 6.18 Å². The number of pyridine rings is 1. The molecule has 4 nitrogen and oxygen atoms in total. The van der Waals surface area contributed by atoms with Gasteiger partial charge in [-0.25, -0.2) is 4.98 Å². The molecule has 2 aromatic rings. The van der Waals surface area contributed by atoms with Gasteiger partial charge in [0.25, 0.3) is 0 Å². The number of rotatable bonds is 4. The predicted octanol–water partition coefficient (Wildman–Crippen LogP) is 3.56. The number of alkyl halides is 3.